The average Bonchev–Trinajstić information content (AvgIpc) is 2.07. The fourth-order valence-electron chi connectivity index (χ4n) is 0.836. The summed E-state index contributed by atoms with van der Waals surface area (Å²) in [6, 6.07) is 4.71. The molecule has 3 heteroatoms. The van der Waals surface area contributed by atoms with Gasteiger partial charge in [0.05, 0.1) is 5.69 Å². The third kappa shape index (κ3) is 2.27. The maximum atomic E-state index is 12.8. The minimum atomic E-state index is -0.378. The quantitative estimate of drug-likeness (QED) is 0.534. The number of nitrogen functional groups attached to an aromatic ring is 1. The van der Waals surface area contributed by atoms with Gasteiger partial charge in [-0.05, 0) is 17.7 Å². The minimum absolute atomic E-state index is 0.179. The Bertz CT molecular complexity index is 297. The van der Waals surface area contributed by atoms with Crippen LogP contribution in [0.15, 0.2) is 24.3 Å². The van der Waals surface area contributed by atoms with Crippen molar-refractivity contribution < 1.29 is 4.39 Å². The second-order valence-corrected chi connectivity index (χ2v) is 2.73. The van der Waals surface area contributed by atoms with Gasteiger partial charge in [0.15, 0.2) is 0 Å². The summed E-state index contributed by atoms with van der Waals surface area (Å²) in [6.45, 7) is 0. The van der Waals surface area contributed by atoms with Crippen LogP contribution in [0.4, 0.5) is 10.1 Å². The third-order valence-electron chi connectivity index (χ3n) is 1.44. The van der Waals surface area contributed by atoms with E-state index in [-0.39, 0.29) is 11.5 Å². The molecular formula is C9H10FNS. The highest BCUT2D eigenvalue weighted by atomic mass is 32.1. The van der Waals surface area contributed by atoms with Crippen molar-refractivity contribution in [3.05, 3.63) is 35.7 Å². The van der Waals surface area contributed by atoms with Crippen molar-refractivity contribution in [3.63, 3.8) is 0 Å². The molecule has 0 aliphatic heterocycles. The first kappa shape index (κ1) is 9.13. The molecule has 0 heterocycles. The molecule has 1 aromatic carbocycles. The Morgan fingerprint density at radius 2 is 2.25 bits per heavy atom. The van der Waals surface area contributed by atoms with Gasteiger partial charge in [0.2, 0.25) is 0 Å². The van der Waals surface area contributed by atoms with Crippen LogP contribution in [0.3, 0.4) is 0 Å². The van der Waals surface area contributed by atoms with Crippen molar-refractivity contribution in [1.82, 2.24) is 0 Å². The smallest absolute Gasteiger partial charge is 0.146 e. The van der Waals surface area contributed by atoms with Gasteiger partial charge >= 0.3 is 0 Å². The van der Waals surface area contributed by atoms with Gasteiger partial charge in [0.25, 0.3) is 0 Å². The fraction of sp³-hybridized carbons (Fsp3) is 0.111. The van der Waals surface area contributed by atoms with Crippen LogP contribution in [-0.4, -0.2) is 5.75 Å². The standard InChI is InChI=1S/C9H10FNS/c10-8-6-7(2-1-5-12)3-4-9(8)11/h1-4,6,12H,5,11H2. The van der Waals surface area contributed by atoms with Crippen LogP contribution in [0.1, 0.15) is 5.56 Å². The predicted octanol–water partition coefficient (Wildman–Crippen LogP) is 2.35. The van der Waals surface area contributed by atoms with Crippen LogP contribution in [0, 0.1) is 5.82 Å². The second kappa shape index (κ2) is 4.16. The molecule has 0 bridgehead atoms. The zero-order valence-corrected chi connectivity index (χ0v) is 7.39. The molecule has 0 fully saturated rings. The molecule has 0 amide bonds. The first-order chi connectivity index (χ1) is 5.74. The summed E-state index contributed by atoms with van der Waals surface area (Å²) in [5.41, 5.74) is 6.28. The molecule has 0 atom stereocenters. The van der Waals surface area contributed by atoms with E-state index in [0.29, 0.717) is 5.75 Å². The Labute approximate surface area is 76.5 Å². The maximum absolute atomic E-state index is 12.8. The topological polar surface area (TPSA) is 26.0 Å². The number of halogens is 1. The van der Waals surface area contributed by atoms with Crippen molar-refractivity contribution in [2.24, 2.45) is 0 Å². The summed E-state index contributed by atoms with van der Waals surface area (Å²) in [4.78, 5) is 0. The van der Waals surface area contributed by atoms with E-state index in [1.807, 2.05) is 6.08 Å². The third-order valence-corrected chi connectivity index (χ3v) is 1.65. The van der Waals surface area contributed by atoms with E-state index in [1.165, 1.54) is 6.07 Å². The van der Waals surface area contributed by atoms with Gasteiger partial charge in [-0.3, -0.25) is 0 Å². The number of benzene rings is 1. The minimum Gasteiger partial charge on any atom is -0.396 e. The molecule has 0 aromatic heterocycles. The van der Waals surface area contributed by atoms with Crippen LogP contribution in [0.2, 0.25) is 0 Å². The molecule has 0 unspecified atom stereocenters. The van der Waals surface area contributed by atoms with Gasteiger partial charge in [0.1, 0.15) is 5.82 Å². The molecule has 0 saturated heterocycles. The highest BCUT2D eigenvalue weighted by Crippen LogP contribution is 2.12. The van der Waals surface area contributed by atoms with E-state index in [2.05, 4.69) is 12.6 Å². The highest BCUT2D eigenvalue weighted by Gasteiger charge is 1.96. The Morgan fingerprint density at radius 1 is 1.50 bits per heavy atom. The Balaban J connectivity index is 2.89. The van der Waals surface area contributed by atoms with Crippen molar-refractivity contribution in [2.45, 2.75) is 0 Å². The summed E-state index contributed by atoms with van der Waals surface area (Å²) in [5, 5.41) is 0. The molecule has 12 heavy (non-hydrogen) atoms. The number of anilines is 1. The zero-order valence-electron chi connectivity index (χ0n) is 6.50. The molecule has 1 nitrogen and oxygen atoms in total. The summed E-state index contributed by atoms with van der Waals surface area (Å²) < 4.78 is 12.8. The van der Waals surface area contributed by atoms with E-state index >= 15 is 0 Å². The number of hydrogen-bond donors (Lipinski definition) is 2. The van der Waals surface area contributed by atoms with Crippen molar-refractivity contribution >= 4 is 24.4 Å². The number of nitrogens with two attached hydrogens (primary N) is 1. The maximum Gasteiger partial charge on any atom is 0.146 e. The van der Waals surface area contributed by atoms with Crippen molar-refractivity contribution in [3.8, 4) is 0 Å². The van der Waals surface area contributed by atoms with Gasteiger partial charge in [-0.2, -0.15) is 12.6 Å². The van der Waals surface area contributed by atoms with Crippen LogP contribution in [-0.2, 0) is 0 Å². The summed E-state index contributed by atoms with van der Waals surface area (Å²) >= 11 is 3.99. The lowest BCUT2D eigenvalue weighted by atomic mass is 10.2. The molecule has 1 aromatic rings. The van der Waals surface area contributed by atoms with Crippen LogP contribution < -0.4 is 5.73 Å². The van der Waals surface area contributed by atoms with Crippen LogP contribution in [0.5, 0.6) is 0 Å². The summed E-state index contributed by atoms with van der Waals surface area (Å²) in [7, 11) is 0. The molecule has 0 aliphatic carbocycles. The molecular weight excluding hydrogens is 173 g/mol. The van der Waals surface area contributed by atoms with E-state index in [9.17, 15) is 4.39 Å². The van der Waals surface area contributed by atoms with Crippen LogP contribution in [0.25, 0.3) is 6.08 Å². The number of rotatable bonds is 2. The molecule has 0 spiro atoms. The molecule has 0 radical (unpaired) electrons. The van der Waals surface area contributed by atoms with E-state index in [4.69, 9.17) is 5.73 Å². The van der Waals surface area contributed by atoms with Crippen molar-refractivity contribution in [2.75, 3.05) is 11.5 Å². The largest absolute Gasteiger partial charge is 0.396 e. The van der Waals surface area contributed by atoms with E-state index < -0.39 is 0 Å². The lowest BCUT2D eigenvalue weighted by Crippen LogP contribution is -1.89. The Hall–Kier alpha value is -0.960. The number of thiol groups is 1. The second-order valence-electron chi connectivity index (χ2n) is 2.37. The monoisotopic (exact) mass is 183 g/mol. The van der Waals surface area contributed by atoms with Gasteiger partial charge < -0.3 is 5.73 Å². The van der Waals surface area contributed by atoms with Crippen molar-refractivity contribution in [1.29, 1.82) is 0 Å². The van der Waals surface area contributed by atoms with Crippen LogP contribution >= 0.6 is 12.6 Å². The summed E-state index contributed by atoms with van der Waals surface area (Å²) in [6.07, 6.45) is 3.64. The molecule has 64 valence electrons. The lowest BCUT2D eigenvalue weighted by molar-refractivity contribution is 0.632. The Kier molecular flexibility index (Phi) is 3.17. The van der Waals surface area contributed by atoms with Gasteiger partial charge in [0, 0.05) is 5.75 Å². The molecule has 2 N–H and O–H groups in total. The molecule has 0 aliphatic rings. The first-order valence-corrected chi connectivity index (χ1v) is 4.19. The fourth-order valence-corrected chi connectivity index (χ4v) is 0.941. The van der Waals surface area contributed by atoms with E-state index in [0.717, 1.165) is 5.56 Å². The lowest BCUT2D eigenvalue weighted by Gasteiger charge is -1.96. The van der Waals surface area contributed by atoms with E-state index in [1.54, 1.807) is 18.2 Å². The predicted molar refractivity (Wildman–Crippen MR) is 53.7 cm³/mol. The normalized spacial score (nSPS) is 10.8. The van der Waals surface area contributed by atoms with Gasteiger partial charge in [-0.25, -0.2) is 4.39 Å². The zero-order chi connectivity index (χ0) is 8.97. The summed E-state index contributed by atoms with van der Waals surface area (Å²) in [5.74, 6) is 0.266. The first-order valence-electron chi connectivity index (χ1n) is 3.56. The molecule has 0 saturated carbocycles. The molecule has 1 rings (SSSR count). The average molecular weight is 183 g/mol. The Morgan fingerprint density at radius 3 is 2.83 bits per heavy atom. The van der Waals surface area contributed by atoms with Gasteiger partial charge in [-0.15, -0.1) is 0 Å². The highest BCUT2D eigenvalue weighted by molar-refractivity contribution is 7.80. The SMILES string of the molecule is Nc1ccc(C=CCS)cc1F. The van der Waals surface area contributed by atoms with Gasteiger partial charge in [-0.1, -0.05) is 18.2 Å². The number of hydrogen-bond acceptors (Lipinski definition) is 2.